The molecule has 3 rings (SSSR count). The molecular formula is C19H22N2OS. The van der Waals surface area contributed by atoms with Gasteiger partial charge in [-0.05, 0) is 29.7 Å². The molecule has 0 bridgehead atoms. The molecule has 3 nitrogen and oxygen atoms in total. The van der Waals surface area contributed by atoms with Gasteiger partial charge in [0.2, 0.25) is 5.91 Å². The van der Waals surface area contributed by atoms with Crippen LogP contribution in [0.25, 0.3) is 0 Å². The van der Waals surface area contributed by atoms with Crippen LogP contribution in [0, 0.1) is 0 Å². The number of thioether (sulfide) groups is 1. The predicted octanol–water partition coefficient (Wildman–Crippen LogP) is 3.62. The largest absolute Gasteiger partial charge is 0.272 e. The van der Waals surface area contributed by atoms with Crippen molar-refractivity contribution in [1.82, 2.24) is 10.4 Å². The molecule has 2 aromatic rings. The lowest BCUT2D eigenvalue weighted by atomic mass is 10.2. The third kappa shape index (κ3) is 4.60. The van der Waals surface area contributed by atoms with Crippen LogP contribution in [-0.2, 0) is 17.9 Å². The van der Waals surface area contributed by atoms with Crippen LogP contribution in [-0.4, -0.2) is 21.9 Å². The van der Waals surface area contributed by atoms with Crippen molar-refractivity contribution in [2.24, 2.45) is 0 Å². The average Bonchev–Trinajstić information content (AvgIpc) is 3.14. The van der Waals surface area contributed by atoms with Gasteiger partial charge < -0.3 is 0 Å². The minimum absolute atomic E-state index is 0.0991. The van der Waals surface area contributed by atoms with E-state index in [1.165, 1.54) is 5.56 Å². The van der Waals surface area contributed by atoms with Crippen LogP contribution in [0.3, 0.4) is 0 Å². The van der Waals surface area contributed by atoms with Crippen molar-refractivity contribution in [3.63, 3.8) is 0 Å². The lowest BCUT2D eigenvalue weighted by Crippen LogP contribution is -2.45. The first-order valence-electron chi connectivity index (χ1n) is 8.07. The second-order valence-electron chi connectivity index (χ2n) is 5.73. The molecular weight excluding hydrogens is 304 g/mol. The van der Waals surface area contributed by atoms with Crippen molar-refractivity contribution in [3.8, 4) is 0 Å². The van der Waals surface area contributed by atoms with Crippen LogP contribution in [0.2, 0.25) is 0 Å². The van der Waals surface area contributed by atoms with Crippen molar-refractivity contribution in [2.45, 2.75) is 31.2 Å². The lowest BCUT2D eigenvalue weighted by Gasteiger charge is -2.26. The smallest absolute Gasteiger partial charge is 0.250 e. The lowest BCUT2D eigenvalue weighted by molar-refractivity contribution is -0.134. The van der Waals surface area contributed by atoms with Gasteiger partial charge in [0.05, 0.1) is 11.8 Å². The zero-order valence-electron chi connectivity index (χ0n) is 13.2. The number of benzene rings is 2. The van der Waals surface area contributed by atoms with E-state index in [0.29, 0.717) is 13.1 Å². The summed E-state index contributed by atoms with van der Waals surface area (Å²) < 4.78 is 0. The van der Waals surface area contributed by atoms with E-state index in [1.807, 2.05) is 36.4 Å². The molecule has 1 N–H and O–H groups in total. The Kier molecular flexibility index (Phi) is 5.72. The van der Waals surface area contributed by atoms with Crippen LogP contribution in [0.5, 0.6) is 0 Å². The number of carbonyl (C=O) groups excluding carboxylic acids is 1. The van der Waals surface area contributed by atoms with Crippen LogP contribution >= 0.6 is 11.8 Å². The zero-order chi connectivity index (χ0) is 15.9. The summed E-state index contributed by atoms with van der Waals surface area (Å²) in [5.41, 5.74) is 5.65. The summed E-state index contributed by atoms with van der Waals surface area (Å²) in [6, 6.07) is 20.3. The fourth-order valence-corrected chi connectivity index (χ4v) is 3.93. The molecule has 0 saturated carbocycles. The normalized spacial score (nSPS) is 17.1. The Balaban J connectivity index is 1.68. The van der Waals surface area contributed by atoms with Crippen molar-refractivity contribution >= 4 is 17.7 Å². The molecule has 1 saturated heterocycles. The zero-order valence-corrected chi connectivity index (χ0v) is 14.0. The van der Waals surface area contributed by atoms with E-state index in [9.17, 15) is 4.79 Å². The van der Waals surface area contributed by atoms with Crippen LogP contribution in [0.15, 0.2) is 60.7 Å². The third-order valence-corrected chi connectivity index (χ3v) is 5.34. The third-order valence-electron chi connectivity index (χ3n) is 3.97. The van der Waals surface area contributed by atoms with Gasteiger partial charge in [-0.25, -0.2) is 5.43 Å². The van der Waals surface area contributed by atoms with E-state index in [0.717, 1.165) is 24.2 Å². The molecule has 1 unspecified atom stereocenters. The summed E-state index contributed by atoms with van der Waals surface area (Å²) in [5, 5.41) is 1.90. The number of nitrogens with one attached hydrogen (secondary N) is 1. The molecule has 0 aromatic heterocycles. The topological polar surface area (TPSA) is 32.3 Å². The monoisotopic (exact) mass is 326 g/mol. The maximum atomic E-state index is 12.8. The number of nitrogens with zero attached hydrogens (tertiary/aromatic N) is 1. The van der Waals surface area contributed by atoms with Gasteiger partial charge >= 0.3 is 0 Å². The van der Waals surface area contributed by atoms with Gasteiger partial charge in [-0.15, -0.1) is 11.8 Å². The Hall–Kier alpha value is -1.78. The molecule has 0 spiro atoms. The second kappa shape index (κ2) is 8.18. The highest BCUT2D eigenvalue weighted by Gasteiger charge is 2.28. The molecule has 1 atom stereocenters. The summed E-state index contributed by atoms with van der Waals surface area (Å²) in [6.45, 7) is 1.26. The minimum atomic E-state index is 0.0991. The highest BCUT2D eigenvalue weighted by atomic mass is 32.2. The van der Waals surface area contributed by atoms with Crippen molar-refractivity contribution in [1.29, 1.82) is 0 Å². The number of hydrogen-bond donors (Lipinski definition) is 1. The van der Waals surface area contributed by atoms with E-state index in [1.54, 1.807) is 16.8 Å². The molecule has 1 fully saturated rings. The van der Waals surface area contributed by atoms with Gasteiger partial charge in [0.25, 0.3) is 0 Å². The van der Waals surface area contributed by atoms with Gasteiger partial charge in [0, 0.05) is 6.54 Å². The van der Waals surface area contributed by atoms with E-state index < -0.39 is 0 Å². The minimum Gasteiger partial charge on any atom is -0.272 e. The summed E-state index contributed by atoms with van der Waals surface area (Å²) in [6.07, 6.45) is 2.13. The molecule has 4 heteroatoms. The maximum Gasteiger partial charge on any atom is 0.250 e. The number of hydrogen-bond acceptors (Lipinski definition) is 3. The van der Waals surface area contributed by atoms with Gasteiger partial charge in [0.15, 0.2) is 0 Å². The Morgan fingerprint density at radius 1 is 1.04 bits per heavy atom. The van der Waals surface area contributed by atoms with Crippen LogP contribution in [0.1, 0.15) is 24.0 Å². The fraction of sp³-hybridized carbons (Fsp3) is 0.316. The highest BCUT2D eigenvalue weighted by molar-refractivity contribution is 8.00. The average molecular weight is 326 g/mol. The van der Waals surface area contributed by atoms with Gasteiger partial charge in [-0.2, -0.15) is 0 Å². The quantitative estimate of drug-likeness (QED) is 0.823. The number of carbonyl (C=O) groups is 1. The molecule has 0 aliphatic carbocycles. The summed E-state index contributed by atoms with van der Waals surface area (Å²) >= 11 is 1.78. The Labute approximate surface area is 142 Å². The number of amides is 1. The molecule has 1 aliphatic rings. The number of rotatable bonds is 6. The summed E-state index contributed by atoms with van der Waals surface area (Å²) in [4.78, 5) is 12.8. The van der Waals surface area contributed by atoms with E-state index in [-0.39, 0.29) is 11.2 Å². The molecule has 1 aliphatic heterocycles. The number of hydrazine groups is 1. The predicted molar refractivity (Wildman–Crippen MR) is 95.8 cm³/mol. The molecule has 1 amide bonds. The fourth-order valence-electron chi connectivity index (χ4n) is 2.71. The van der Waals surface area contributed by atoms with Crippen molar-refractivity contribution in [3.05, 3.63) is 71.8 Å². The van der Waals surface area contributed by atoms with Gasteiger partial charge in [-0.3, -0.25) is 9.80 Å². The van der Waals surface area contributed by atoms with Crippen LogP contribution in [0.4, 0.5) is 0 Å². The van der Waals surface area contributed by atoms with Crippen LogP contribution < -0.4 is 5.43 Å². The molecule has 0 radical (unpaired) electrons. The molecule has 2 aromatic carbocycles. The van der Waals surface area contributed by atoms with E-state index in [4.69, 9.17) is 0 Å². The van der Waals surface area contributed by atoms with Gasteiger partial charge in [-0.1, -0.05) is 60.7 Å². The van der Waals surface area contributed by atoms with Crippen molar-refractivity contribution in [2.75, 3.05) is 5.75 Å². The molecule has 120 valence electrons. The second-order valence-corrected chi connectivity index (χ2v) is 7.04. The first-order valence-corrected chi connectivity index (χ1v) is 9.12. The van der Waals surface area contributed by atoms with E-state index >= 15 is 0 Å². The van der Waals surface area contributed by atoms with Gasteiger partial charge in [0.1, 0.15) is 0 Å². The first-order chi connectivity index (χ1) is 11.3. The Morgan fingerprint density at radius 2 is 1.70 bits per heavy atom. The first kappa shape index (κ1) is 16.1. The molecule has 1 heterocycles. The SMILES string of the molecule is O=C(C1CCCS1)N(Cc1ccccc1)NCc1ccccc1. The van der Waals surface area contributed by atoms with E-state index in [2.05, 4.69) is 29.7 Å². The van der Waals surface area contributed by atoms with Crippen molar-refractivity contribution < 1.29 is 4.79 Å². The molecule has 23 heavy (non-hydrogen) atoms. The standard InChI is InChI=1S/C19H22N2OS/c22-19(18-12-7-13-23-18)21(15-17-10-5-2-6-11-17)20-14-16-8-3-1-4-9-16/h1-6,8-11,18,20H,7,12-15H2. The maximum absolute atomic E-state index is 12.8. The highest BCUT2D eigenvalue weighted by Crippen LogP contribution is 2.27. The summed E-state index contributed by atoms with van der Waals surface area (Å²) in [5.74, 6) is 1.29. The Morgan fingerprint density at radius 3 is 2.30 bits per heavy atom. The summed E-state index contributed by atoms with van der Waals surface area (Å²) in [7, 11) is 0. The Bertz CT molecular complexity index is 612.